The SMILES string of the molecule is Nn1cnc2ccc(Cl)cc2c1=O. The first-order valence-electron chi connectivity index (χ1n) is 3.60. The molecule has 1 heterocycles. The van der Waals surface area contributed by atoms with Crippen LogP contribution >= 0.6 is 11.6 Å². The van der Waals surface area contributed by atoms with Gasteiger partial charge in [-0.05, 0) is 18.2 Å². The van der Waals surface area contributed by atoms with Crippen molar-refractivity contribution in [3.8, 4) is 0 Å². The van der Waals surface area contributed by atoms with Crippen molar-refractivity contribution in [3.63, 3.8) is 0 Å². The summed E-state index contributed by atoms with van der Waals surface area (Å²) in [6, 6.07) is 4.91. The summed E-state index contributed by atoms with van der Waals surface area (Å²) in [6.07, 6.45) is 1.28. The molecule has 0 saturated heterocycles. The Labute approximate surface area is 78.5 Å². The summed E-state index contributed by atoms with van der Waals surface area (Å²) in [6.45, 7) is 0. The zero-order valence-electron chi connectivity index (χ0n) is 6.57. The molecular weight excluding hydrogens is 190 g/mol. The van der Waals surface area contributed by atoms with E-state index in [1.54, 1.807) is 18.2 Å². The molecule has 0 amide bonds. The van der Waals surface area contributed by atoms with Gasteiger partial charge in [0.2, 0.25) is 0 Å². The largest absolute Gasteiger partial charge is 0.335 e. The molecule has 1 aromatic carbocycles. The van der Waals surface area contributed by atoms with Crippen molar-refractivity contribution in [1.29, 1.82) is 0 Å². The summed E-state index contributed by atoms with van der Waals surface area (Å²) in [4.78, 5) is 15.4. The van der Waals surface area contributed by atoms with E-state index in [0.29, 0.717) is 15.9 Å². The molecule has 0 aliphatic carbocycles. The lowest BCUT2D eigenvalue weighted by Gasteiger charge is -1.99. The van der Waals surface area contributed by atoms with Crippen LogP contribution in [0, 0.1) is 0 Å². The minimum absolute atomic E-state index is 0.299. The minimum Gasteiger partial charge on any atom is -0.335 e. The summed E-state index contributed by atoms with van der Waals surface area (Å²) in [7, 11) is 0. The highest BCUT2D eigenvalue weighted by Crippen LogP contribution is 2.13. The molecular formula is C8H6ClN3O. The van der Waals surface area contributed by atoms with E-state index in [4.69, 9.17) is 17.4 Å². The highest BCUT2D eigenvalue weighted by Gasteiger charge is 2.01. The van der Waals surface area contributed by atoms with Gasteiger partial charge >= 0.3 is 0 Å². The highest BCUT2D eigenvalue weighted by molar-refractivity contribution is 6.31. The molecule has 0 spiro atoms. The van der Waals surface area contributed by atoms with E-state index in [1.807, 2.05) is 0 Å². The first-order valence-corrected chi connectivity index (χ1v) is 3.98. The molecule has 1 aromatic heterocycles. The van der Waals surface area contributed by atoms with Crippen molar-refractivity contribution in [2.45, 2.75) is 0 Å². The fraction of sp³-hybridized carbons (Fsp3) is 0. The monoisotopic (exact) mass is 195 g/mol. The molecule has 2 N–H and O–H groups in total. The Hall–Kier alpha value is -1.55. The number of nitrogen functional groups attached to an aromatic ring is 1. The molecule has 0 bridgehead atoms. The molecule has 0 unspecified atom stereocenters. The van der Waals surface area contributed by atoms with Gasteiger partial charge in [0, 0.05) is 5.02 Å². The number of halogens is 1. The lowest BCUT2D eigenvalue weighted by molar-refractivity contribution is 0.914. The van der Waals surface area contributed by atoms with Gasteiger partial charge in [0.05, 0.1) is 10.9 Å². The van der Waals surface area contributed by atoms with E-state index in [2.05, 4.69) is 4.98 Å². The third kappa shape index (κ3) is 1.25. The van der Waals surface area contributed by atoms with Crippen LogP contribution in [0.5, 0.6) is 0 Å². The summed E-state index contributed by atoms with van der Waals surface area (Å²) in [5.74, 6) is 5.33. The molecule has 2 rings (SSSR count). The molecule has 0 atom stereocenters. The van der Waals surface area contributed by atoms with Gasteiger partial charge in [-0.15, -0.1) is 0 Å². The van der Waals surface area contributed by atoms with Crippen LogP contribution in [0.1, 0.15) is 0 Å². The Kier molecular flexibility index (Phi) is 1.70. The smallest absolute Gasteiger partial charge is 0.279 e. The van der Waals surface area contributed by atoms with Crippen LogP contribution < -0.4 is 11.4 Å². The summed E-state index contributed by atoms with van der Waals surface area (Å²) < 4.78 is 0.929. The highest BCUT2D eigenvalue weighted by atomic mass is 35.5. The average Bonchev–Trinajstić information content (AvgIpc) is 2.12. The predicted molar refractivity (Wildman–Crippen MR) is 51.2 cm³/mol. The molecule has 4 nitrogen and oxygen atoms in total. The van der Waals surface area contributed by atoms with Crippen molar-refractivity contribution in [2.75, 3.05) is 5.84 Å². The fourth-order valence-corrected chi connectivity index (χ4v) is 1.28. The van der Waals surface area contributed by atoms with Crippen LogP contribution in [-0.2, 0) is 0 Å². The molecule has 0 aliphatic heterocycles. The van der Waals surface area contributed by atoms with Crippen LogP contribution in [0.2, 0.25) is 5.02 Å². The lowest BCUT2D eigenvalue weighted by atomic mass is 10.2. The van der Waals surface area contributed by atoms with Gasteiger partial charge in [0.15, 0.2) is 0 Å². The number of hydrogen-bond donors (Lipinski definition) is 1. The molecule has 0 saturated carbocycles. The van der Waals surface area contributed by atoms with E-state index in [-0.39, 0.29) is 5.56 Å². The quantitative estimate of drug-likeness (QED) is 0.632. The Morgan fingerprint density at radius 2 is 2.23 bits per heavy atom. The van der Waals surface area contributed by atoms with Gasteiger partial charge in [-0.1, -0.05) is 11.6 Å². The van der Waals surface area contributed by atoms with E-state index in [9.17, 15) is 4.79 Å². The molecule has 0 fully saturated rings. The number of aromatic nitrogens is 2. The van der Waals surface area contributed by atoms with Crippen molar-refractivity contribution in [3.05, 3.63) is 39.9 Å². The fourth-order valence-electron chi connectivity index (χ4n) is 1.11. The van der Waals surface area contributed by atoms with Crippen molar-refractivity contribution in [2.24, 2.45) is 0 Å². The van der Waals surface area contributed by atoms with Crippen LogP contribution in [0.4, 0.5) is 0 Å². The second-order valence-corrected chi connectivity index (χ2v) is 3.05. The maximum absolute atomic E-state index is 11.4. The van der Waals surface area contributed by atoms with Crippen LogP contribution in [0.3, 0.4) is 0 Å². The number of rotatable bonds is 0. The number of benzene rings is 1. The molecule has 5 heteroatoms. The van der Waals surface area contributed by atoms with Crippen molar-refractivity contribution in [1.82, 2.24) is 9.66 Å². The van der Waals surface area contributed by atoms with Crippen molar-refractivity contribution >= 4 is 22.5 Å². The molecule has 0 radical (unpaired) electrons. The Morgan fingerprint density at radius 1 is 1.46 bits per heavy atom. The van der Waals surface area contributed by atoms with E-state index >= 15 is 0 Å². The van der Waals surface area contributed by atoms with Crippen LogP contribution in [0.15, 0.2) is 29.3 Å². The molecule has 0 aliphatic rings. The Balaban J connectivity index is 2.97. The van der Waals surface area contributed by atoms with E-state index in [1.165, 1.54) is 6.33 Å². The molecule has 66 valence electrons. The first-order chi connectivity index (χ1) is 6.18. The Morgan fingerprint density at radius 3 is 3.00 bits per heavy atom. The molecule has 13 heavy (non-hydrogen) atoms. The second kappa shape index (κ2) is 2.74. The summed E-state index contributed by atoms with van der Waals surface area (Å²) >= 11 is 5.73. The third-order valence-corrected chi connectivity index (χ3v) is 1.98. The summed E-state index contributed by atoms with van der Waals surface area (Å²) in [5.41, 5.74) is 0.295. The van der Waals surface area contributed by atoms with Crippen molar-refractivity contribution < 1.29 is 0 Å². The zero-order chi connectivity index (χ0) is 9.42. The standard InChI is InChI=1S/C8H6ClN3O/c9-5-1-2-7-6(3-5)8(13)12(10)4-11-7/h1-4H,10H2. The predicted octanol–water partition coefficient (Wildman–Crippen LogP) is 0.764. The average molecular weight is 196 g/mol. The van der Waals surface area contributed by atoms with Gasteiger partial charge < -0.3 is 5.84 Å². The maximum Gasteiger partial charge on any atom is 0.279 e. The number of hydrogen-bond acceptors (Lipinski definition) is 3. The molecule has 2 aromatic rings. The Bertz CT molecular complexity index is 515. The second-order valence-electron chi connectivity index (χ2n) is 2.62. The van der Waals surface area contributed by atoms with E-state index < -0.39 is 0 Å². The van der Waals surface area contributed by atoms with Gasteiger partial charge in [-0.3, -0.25) is 4.79 Å². The van der Waals surface area contributed by atoms with Crippen LogP contribution in [0.25, 0.3) is 10.9 Å². The number of nitrogens with two attached hydrogens (primary N) is 1. The number of fused-ring (bicyclic) bond motifs is 1. The third-order valence-electron chi connectivity index (χ3n) is 1.74. The van der Waals surface area contributed by atoms with E-state index in [0.717, 1.165) is 4.68 Å². The first kappa shape index (κ1) is 8.07. The minimum atomic E-state index is -0.299. The van der Waals surface area contributed by atoms with Gasteiger partial charge in [0.25, 0.3) is 5.56 Å². The van der Waals surface area contributed by atoms with Crippen LogP contribution in [-0.4, -0.2) is 9.66 Å². The number of nitrogens with zero attached hydrogens (tertiary/aromatic N) is 2. The zero-order valence-corrected chi connectivity index (χ0v) is 7.32. The maximum atomic E-state index is 11.4. The van der Waals surface area contributed by atoms with Gasteiger partial charge in [-0.25, -0.2) is 9.66 Å². The van der Waals surface area contributed by atoms with Gasteiger partial charge in [-0.2, -0.15) is 0 Å². The lowest BCUT2D eigenvalue weighted by Crippen LogP contribution is -2.27. The topological polar surface area (TPSA) is 60.9 Å². The van der Waals surface area contributed by atoms with Gasteiger partial charge in [0.1, 0.15) is 6.33 Å². The summed E-state index contributed by atoms with van der Waals surface area (Å²) in [5, 5.41) is 0.926. The normalized spacial score (nSPS) is 10.5.